The predicted molar refractivity (Wildman–Crippen MR) is 84.0 cm³/mol. The number of H-pyrrole nitrogens is 1. The zero-order valence-corrected chi connectivity index (χ0v) is 12.9. The molecule has 22 heavy (non-hydrogen) atoms. The minimum Gasteiger partial charge on any atom is -0.497 e. The molecule has 116 valence electrons. The largest absolute Gasteiger partial charge is 0.497 e. The lowest BCUT2D eigenvalue weighted by Crippen LogP contribution is -2.38. The molecule has 1 heterocycles. The van der Waals surface area contributed by atoms with Crippen molar-refractivity contribution >= 4 is 5.91 Å². The van der Waals surface area contributed by atoms with Crippen LogP contribution in [0.4, 0.5) is 0 Å². The van der Waals surface area contributed by atoms with Crippen LogP contribution < -0.4 is 10.1 Å². The molecular formula is C17H21N3O2. The Morgan fingerprint density at radius 2 is 2.32 bits per heavy atom. The van der Waals surface area contributed by atoms with Crippen molar-refractivity contribution in [2.45, 2.75) is 32.2 Å². The molecule has 0 unspecified atom stereocenters. The van der Waals surface area contributed by atoms with Gasteiger partial charge in [0.2, 0.25) is 0 Å². The third kappa shape index (κ3) is 3.30. The Labute approximate surface area is 130 Å². The van der Waals surface area contributed by atoms with Crippen LogP contribution in [0.25, 0.3) is 0 Å². The number of aryl methyl sites for hydroxylation is 1. The van der Waals surface area contributed by atoms with Gasteiger partial charge in [-0.3, -0.25) is 9.89 Å². The van der Waals surface area contributed by atoms with Crippen molar-refractivity contribution in [3.63, 3.8) is 0 Å². The molecule has 5 heteroatoms. The first-order valence-electron chi connectivity index (χ1n) is 7.61. The van der Waals surface area contributed by atoms with Gasteiger partial charge in [-0.15, -0.1) is 0 Å². The van der Waals surface area contributed by atoms with Crippen molar-refractivity contribution in [3.05, 3.63) is 47.3 Å². The molecule has 1 fully saturated rings. The molecule has 3 rings (SSSR count). The molecule has 0 spiro atoms. The quantitative estimate of drug-likeness (QED) is 0.861. The van der Waals surface area contributed by atoms with E-state index in [9.17, 15) is 4.79 Å². The van der Waals surface area contributed by atoms with Crippen molar-refractivity contribution in [1.82, 2.24) is 15.5 Å². The minimum absolute atomic E-state index is 0.0500. The summed E-state index contributed by atoms with van der Waals surface area (Å²) >= 11 is 0. The lowest BCUT2D eigenvalue weighted by molar-refractivity contribution is 0.0931. The SMILES string of the molecule is COc1cccc(C[C@@H](NC(=O)c2cn[nH]c2C)C2CC2)c1. The lowest BCUT2D eigenvalue weighted by Gasteiger charge is -2.18. The van der Waals surface area contributed by atoms with Gasteiger partial charge in [-0.1, -0.05) is 12.1 Å². The van der Waals surface area contributed by atoms with Gasteiger partial charge < -0.3 is 10.1 Å². The Hall–Kier alpha value is -2.30. The number of ether oxygens (including phenoxy) is 1. The van der Waals surface area contributed by atoms with Crippen LogP contribution in [0.3, 0.4) is 0 Å². The van der Waals surface area contributed by atoms with Crippen LogP contribution in [0.5, 0.6) is 5.75 Å². The van der Waals surface area contributed by atoms with Crippen molar-refractivity contribution in [3.8, 4) is 5.75 Å². The van der Waals surface area contributed by atoms with E-state index in [4.69, 9.17) is 4.74 Å². The molecule has 1 aromatic carbocycles. The van der Waals surface area contributed by atoms with Crippen LogP contribution in [0.15, 0.2) is 30.5 Å². The Bertz CT molecular complexity index is 661. The van der Waals surface area contributed by atoms with E-state index in [1.54, 1.807) is 13.3 Å². The van der Waals surface area contributed by atoms with Gasteiger partial charge in [0.1, 0.15) is 5.75 Å². The van der Waals surface area contributed by atoms with Crippen molar-refractivity contribution in [2.24, 2.45) is 5.92 Å². The normalized spacial score (nSPS) is 15.4. The molecular weight excluding hydrogens is 278 g/mol. The number of nitrogens with zero attached hydrogens (tertiary/aromatic N) is 1. The number of hydrogen-bond donors (Lipinski definition) is 2. The molecule has 2 N–H and O–H groups in total. The van der Waals surface area contributed by atoms with E-state index in [0.717, 1.165) is 17.9 Å². The van der Waals surface area contributed by atoms with E-state index < -0.39 is 0 Å². The average molecular weight is 299 g/mol. The summed E-state index contributed by atoms with van der Waals surface area (Å²) in [6, 6.07) is 8.19. The number of rotatable bonds is 6. The highest BCUT2D eigenvalue weighted by atomic mass is 16.5. The molecule has 2 aromatic rings. The fourth-order valence-corrected chi connectivity index (χ4v) is 2.71. The summed E-state index contributed by atoms with van der Waals surface area (Å²) in [7, 11) is 1.67. The number of hydrogen-bond acceptors (Lipinski definition) is 3. The van der Waals surface area contributed by atoms with E-state index in [2.05, 4.69) is 21.6 Å². The van der Waals surface area contributed by atoms with E-state index in [1.807, 2.05) is 25.1 Å². The van der Waals surface area contributed by atoms with Crippen LogP contribution in [0, 0.1) is 12.8 Å². The van der Waals surface area contributed by atoms with Gasteiger partial charge in [0.25, 0.3) is 5.91 Å². The Morgan fingerprint density at radius 3 is 2.95 bits per heavy atom. The molecule has 1 aromatic heterocycles. The average Bonchev–Trinajstić information content (AvgIpc) is 3.28. The third-order valence-electron chi connectivity index (χ3n) is 4.17. The van der Waals surface area contributed by atoms with E-state index in [-0.39, 0.29) is 11.9 Å². The van der Waals surface area contributed by atoms with Gasteiger partial charge in [-0.2, -0.15) is 5.10 Å². The van der Waals surface area contributed by atoms with Crippen LogP contribution in [0.1, 0.15) is 34.5 Å². The number of aromatic amines is 1. The Balaban J connectivity index is 1.70. The summed E-state index contributed by atoms with van der Waals surface area (Å²) in [5, 5.41) is 9.89. The molecule has 5 nitrogen and oxygen atoms in total. The number of amides is 1. The zero-order valence-electron chi connectivity index (χ0n) is 12.9. The minimum atomic E-state index is -0.0500. The first-order chi connectivity index (χ1) is 10.7. The topological polar surface area (TPSA) is 67.0 Å². The molecule has 1 aliphatic rings. The van der Waals surface area contributed by atoms with Gasteiger partial charge in [-0.05, 0) is 49.8 Å². The molecule has 0 bridgehead atoms. The number of aromatic nitrogens is 2. The van der Waals surface area contributed by atoms with Gasteiger partial charge >= 0.3 is 0 Å². The maximum Gasteiger partial charge on any atom is 0.254 e. The smallest absolute Gasteiger partial charge is 0.254 e. The van der Waals surface area contributed by atoms with Crippen LogP contribution in [-0.4, -0.2) is 29.3 Å². The van der Waals surface area contributed by atoms with Gasteiger partial charge in [0, 0.05) is 11.7 Å². The third-order valence-corrected chi connectivity index (χ3v) is 4.17. The molecule has 1 saturated carbocycles. The molecule has 1 aliphatic carbocycles. The second kappa shape index (κ2) is 6.22. The summed E-state index contributed by atoms with van der Waals surface area (Å²) < 4.78 is 5.27. The first kappa shape index (κ1) is 14.6. The van der Waals surface area contributed by atoms with Crippen LogP contribution in [0.2, 0.25) is 0 Å². The van der Waals surface area contributed by atoms with Crippen molar-refractivity contribution in [2.75, 3.05) is 7.11 Å². The highest BCUT2D eigenvalue weighted by Gasteiger charge is 2.32. The second-order valence-electron chi connectivity index (χ2n) is 5.88. The van der Waals surface area contributed by atoms with Gasteiger partial charge in [-0.25, -0.2) is 0 Å². The van der Waals surface area contributed by atoms with Crippen LogP contribution in [-0.2, 0) is 6.42 Å². The fraction of sp³-hybridized carbons (Fsp3) is 0.412. The van der Waals surface area contributed by atoms with E-state index >= 15 is 0 Å². The summed E-state index contributed by atoms with van der Waals surface area (Å²) in [6.45, 7) is 1.86. The Kier molecular flexibility index (Phi) is 4.13. The van der Waals surface area contributed by atoms with Crippen molar-refractivity contribution in [1.29, 1.82) is 0 Å². The highest BCUT2D eigenvalue weighted by molar-refractivity contribution is 5.95. The second-order valence-corrected chi connectivity index (χ2v) is 5.88. The molecule has 1 atom stereocenters. The molecule has 0 radical (unpaired) electrons. The number of benzene rings is 1. The first-order valence-corrected chi connectivity index (χ1v) is 7.61. The Morgan fingerprint density at radius 1 is 1.50 bits per heavy atom. The lowest BCUT2D eigenvalue weighted by atomic mass is 10.0. The summed E-state index contributed by atoms with van der Waals surface area (Å²) in [4.78, 5) is 12.4. The highest BCUT2D eigenvalue weighted by Crippen LogP contribution is 2.34. The standard InChI is InChI=1S/C17H21N3O2/c1-11-15(10-18-20-11)17(21)19-16(13-6-7-13)9-12-4-3-5-14(8-12)22-2/h3-5,8,10,13,16H,6-7,9H2,1-2H3,(H,18,20)(H,19,21)/t16-/m1/s1. The van der Waals surface area contributed by atoms with E-state index in [1.165, 1.54) is 18.4 Å². The fourth-order valence-electron chi connectivity index (χ4n) is 2.71. The van der Waals surface area contributed by atoms with E-state index in [0.29, 0.717) is 11.5 Å². The number of carbonyl (C=O) groups is 1. The maximum atomic E-state index is 12.4. The molecule has 1 amide bonds. The number of carbonyl (C=O) groups excluding carboxylic acids is 1. The maximum absolute atomic E-state index is 12.4. The van der Waals surface area contributed by atoms with Crippen molar-refractivity contribution < 1.29 is 9.53 Å². The van der Waals surface area contributed by atoms with Gasteiger partial charge in [0.15, 0.2) is 0 Å². The number of methoxy groups -OCH3 is 1. The number of nitrogens with one attached hydrogen (secondary N) is 2. The summed E-state index contributed by atoms with van der Waals surface area (Å²) in [5.41, 5.74) is 2.60. The summed E-state index contributed by atoms with van der Waals surface area (Å²) in [6.07, 6.45) is 4.77. The molecule has 0 saturated heterocycles. The van der Waals surface area contributed by atoms with Crippen LogP contribution >= 0.6 is 0 Å². The summed E-state index contributed by atoms with van der Waals surface area (Å²) in [5.74, 6) is 1.37. The molecule has 0 aliphatic heterocycles. The predicted octanol–water partition coefficient (Wildman–Crippen LogP) is 2.48. The van der Waals surface area contributed by atoms with Gasteiger partial charge in [0.05, 0.1) is 18.9 Å². The monoisotopic (exact) mass is 299 g/mol. The zero-order chi connectivity index (χ0) is 15.5.